The van der Waals surface area contributed by atoms with Crippen LogP contribution in [0, 0.1) is 12.3 Å². The monoisotopic (exact) mass is 238 g/mol. The lowest BCUT2D eigenvalue weighted by molar-refractivity contribution is 0.474. The average molecular weight is 238 g/mol. The minimum absolute atomic E-state index is 0.0300. The Bertz CT molecular complexity index is 408. The van der Waals surface area contributed by atoms with Gasteiger partial charge in [-0.25, -0.2) is 4.21 Å². The summed E-state index contributed by atoms with van der Waals surface area (Å²) in [6.45, 7) is 8.13. The molecule has 1 atom stereocenters. The highest BCUT2D eigenvalue weighted by molar-refractivity contribution is 7.83. The molecule has 1 aromatic heterocycles. The second-order valence-corrected chi connectivity index (χ2v) is 6.16. The molecule has 0 amide bonds. The van der Waals surface area contributed by atoms with Crippen LogP contribution >= 0.6 is 0 Å². The Morgan fingerprint density at radius 2 is 2.19 bits per heavy atom. The van der Waals surface area contributed by atoms with Crippen molar-refractivity contribution >= 4 is 17.2 Å². The van der Waals surface area contributed by atoms with E-state index in [1.807, 2.05) is 39.8 Å². The van der Waals surface area contributed by atoms with Crippen molar-refractivity contribution in [3.63, 3.8) is 0 Å². The van der Waals surface area contributed by atoms with Gasteiger partial charge in [0, 0.05) is 11.9 Å². The van der Waals surface area contributed by atoms with Gasteiger partial charge >= 0.3 is 0 Å². The van der Waals surface area contributed by atoms with E-state index in [9.17, 15) is 4.21 Å². The first-order valence-electron chi connectivity index (χ1n) is 5.22. The standard InChI is InChI=1S/C12H18N2OS/c1-10-5-6-13-11(7-10)8-14-16(15)9-12(2,3)4/h5-8H,9H2,1-4H3/b14-8+/t16-/m0/s1. The van der Waals surface area contributed by atoms with Crippen molar-refractivity contribution in [3.05, 3.63) is 29.6 Å². The van der Waals surface area contributed by atoms with Gasteiger partial charge in [-0.1, -0.05) is 20.8 Å². The van der Waals surface area contributed by atoms with Crippen LogP contribution in [0.25, 0.3) is 0 Å². The number of rotatable bonds is 3. The van der Waals surface area contributed by atoms with Crippen LogP contribution in [0.2, 0.25) is 0 Å². The highest BCUT2D eigenvalue weighted by atomic mass is 32.2. The van der Waals surface area contributed by atoms with E-state index < -0.39 is 11.0 Å². The molecule has 4 heteroatoms. The zero-order valence-electron chi connectivity index (χ0n) is 10.2. The van der Waals surface area contributed by atoms with E-state index in [1.165, 1.54) is 0 Å². The topological polar surface area (TPSA) is 42.3 Å². The van der Waals surface area contributed by atoms with Gasteiger partial charge in [0.15, 0.2) is 0 Å². The van der Waals surface area contributed by atoms with Gasteiger partial charge < -0.3 is 0 Å². The lowest BCUT2D eigenvalue weighted by Gasteiger charge is -2.14. The van der Waals surface area contributed by atoms with E-state index in [1.54, 1.807) is 12.4 Å². The highest BCUT2D eigenvalue weighted by Crippen LogP contribution is 2.14. The molecule has 0 aliphatic rings. The number of hydrogen-bond acceptors (Lipinski definition) is 2. The summed E-state index contributed by atoms with van der Waals surface area (Å²) in [5.74, 6) is 0.565. The van der Waals surface area contributed by atoms with Crippen LogP contribution in [-0.4, -0.2) is 21.2 Å². The molecule has 1 rings (SSSR count). The molecule has 1 aromatic rings. The molecule has 0 unspecified atom stereocenters. The molecular weight excluding hydrogens is 220 g/mol. The number of pyridine rings is 1. The first-order chi connectivity index (χ1) is 7.37. The summed E-state index contributed by atoms with van der Waals surface area (Å²) in [5.41, 5.74) is 1.91. The molecule has 0 radical (unpaired) electrons. The summed E-state index contributed by atoms with van der Waals surface area (Å²) in [6.07, 6.45) is 3.30. The summed E-state index contributed by atoms with van der Waals surface area (Å²) >= 11 is 0. The van der Waals surface area contributed by atoms with Crippen LogP contribution in [-0.2, 0) is 11.0 Å². The van der Waals surface area contributed by atoms with Gasteiger partial charge in [-0.3, -0.25) is 4.98 Å². The number of hydrogen-bond donors (Lipinski definition) is 0. The first kappa shape index (κ1) is 13.0. The van der Waals surface area contributed by atoms with Gasteiger partial charge in [-0.05, 0) is 30.0 Å². The molecule has 0 N–H and O–H groups in total. The Balaban J connectivity index is 2.64. The predicted octanol–water partition coefficient (Wildman–Crippen LogP) is 2.52. The summed E-state index contributed by atoms with van der Waals surface area (Å²) in [5, 5.41) is 0. The van der Waals surface area contributed by atoms with Crippen molar-refractivity contribution in [3.8, 4) is 0 Å². The molecule has 1 heterocycles. The lowest BCUT2D eigenvalue weighted by atomic mass is 10.0. The van der Waals surface area contributed by atoms with E-state index in [0.717, 1.165) is 11.3 Å². The summed E-state index contributed by atoms with van der Waals surface area (Å²) in [4.78, 5) is 4.12. The van der Waals surface area contributed by atoms with Crippen molar-refractivity contribution in [1.82, 2.24) is 4.98 Å². The number of nitrogens with zero attached hydrogens (tertiary/aromatic N) is 2. The zero-order chi connectivity index (χ0) is 12.2. The number of aryl methyl sites for hydroxylation is 1. The lowest BCUT2D eigenvalue weighted by Crippen LogP contribution is -2.14. The van der Waals surface area contributed by atoms with Crippen molar-refractivity contribution < 1.29 is 4.21 Å². The van der Waals surface area contributed by atoms with Gasteiger partial charge in [-0.15, -0.1) is 0 Å². The highest BCUT2D eigenvalue weighted by Gasteiger charge is 2.13. The maximum atomic E-state index is 11.6. The van der Waals surface area contributed by atoms with Crippen LogP contribution in [0.5, 0.6) is 0 Å². The third-order valence-corrected chi connectivity index (χ3v) is 3.25. The molecule has 88 valence electrons. The fraction of sp³-hybridized carbons (Fsp3) is 0.500. The maximum Gasteiger partial charge on any atom is 0.139 e. The fourth-order valence-corrected chi connectivity index (χ4v) is 2.19. The number of aromatic nitrogens is 1. The van der Waals surface area contributed by atoms with Crippen LogP contribution in [0.1, 0.15) is 32.0 Å². The van der Waals surface area contributed by atoms with Crippen LogP contribution < -0.4 is 0 Å². The van der Waals surface area contributed by atoms with E-state index in [4.69, 9.17) is 0 Å². The average Bonchev–Trinajstić information content (AvgIpc) is 2.12. The van der Waals surface area contributed by atoms with Crippen molar-refractivity contribution in [2.45, 2.75) is 27.7 Å². The van der Waals surface area contributed by atoms with Crippen LogP contribution in [0.3, 0.4) is 0 Å². The molecule has 0 aliphatic heterocycles. The molecule has 0 saturated heterocycles. The summed E-state index contributed by atoms with van der Waals surface area (Å²) < 4.78 is 15.6. The second-order valence-electron chi connectivity index (χ2n) is 5.02. The molecule has 0 saturated carbocycles. The predicted molar refractivity (Wildman–Crippen MR) is 69.0 cm³/mol. The Hall–Kier alpha value is -1.03. The third-order valence-electron chi connectivity index (χ3n) is 1.80. The van der Waals surface area contributed by atoms with Gasteiger partial charge in [-0.2, -0.15) is 4.40 Å². The van der Waals surface area contributed by atoms with Gasteiger partial charge in [0.1, 0.15) is 11.0 Å². The molecule has 16 heavy (non-hydrogen) atoms. The minimum Gasteiger partial charge on any atom is -0.255 e. The van der Waals surface area contributed by atoms with Crippen LogP contribution in [0.15, 0.2) is 22.7 Å². The maximum absolute atomic E-state index is 11.6. The zero-order valence-corrected chi connectivity index (χ0v) is 11.0. The van der Waals surface area contributed by atoms with E-state index in [0.29, 0.717) is 5.75 Å². The molecule has 0 aromatic carbocycles. The van der Waals surface area contributed by atoms with E-state index in [-0.39, 0.29) is 5.41 Å². The summed E-state index contributed by atoms with van der Waals surface area (Å²) in [7, 11) is -1.17. The summed E-state index contributed by atoms with van der Waals surface area (Å²) in [6, 6.07) is 3.83. The van der Waals surface area contributed by atoms with Crippen molar-refractivity contribution in [2.75, 3.05) is 5.75 Å². The molecule has 0 aliphatic carbocycles. The van der Waals surface area contributed by atoms with Gasteiger partial charge in [0.05, 0.1) is 11.9 Å². The molecular formula is C12H18N2OS. The minimum atomic E-state index is -1.17. The third kappa shape index (κ3) is 5.16. The Kier molecular flexibility index (Phi) is 4.35. The molecule has 0 fully saturated rings. The molecule has 0 bridgehead atoms. The van der Waals surface area contributed by atoms with Gasteiger partial charge in [0.25, 0.3) is 0 Å². The van der Waals surface area contributed by atoms with Crippen LogP contribution in [0.4, 0.5) is 0 Å². The Labute approximate surface area is 99.6 Å². The quantitative estimate of drug-likeness (QED) is 0.759. The fourth-order valence-electron chi connectivity index (χ4n) is 1.15. The van der Waals surface area contributed by atoms with E-state index >= 15 is 0 Å². The van der Waals surface area contributed by atoms with E-state index in [2.05, 4.69) is 9.38 Å². The smallest absolute Gasteiger partial charge is 0.139 e. The SMILES string of the molecule is Cc1ccnc(/C=N/[S@@](=O)CC(C)(C)C)c1. The van der Waals surface area contributed by atoms with Gasteiger partial charge in [0.2, 0.25) is 0 Å². The molecule has 0 spiro atoms. The Morgan fingerprint density at radius 1 is 1.50 bits per heavy atom. The van der Waals surface area contributed by atoms with Crippen molar-refractivity contribution in [1.29, 1.82) is 0 Å². The molecule has 3 nitrogen and oxygen atoms in total. The first-order valence-corrected chi connectivity index (χ1v) is 6.50. The van der Waals surface area contributed by atoms with Crippen molar-refractivity contribution in [2.24, 2.45) is 9.81 Å². The second kappa shape index (κ2) is 5.34. The largest absolute Gasteiger partial charge is 0.255 e. The Morgan fingerprint density at radius 3 is 2.75 bits per heavy atom. The normalized spacial score (nSPS) is 14.2.